The highest BCUT2D eigenvalue weighted by Crippen LogP contribution is 2.26. The fourth-order valence-corrected chi connectivity index (χ4v) is 2.21. The molecule has 0 aliphatic rings. The summed E-state index contributed by atoms with van der Waals surface area (Å²) in [5, 5.41) is 12.3. The van der Waals surface area contributed by atoms with E-state index in [9.17, 15) is 4.79 Å². The molecular weight excluding hydrogens is 294 g/mol. The monoisotopic (exact) mass is 315 g/mol. The minimum absolute atomic E-state index is 0.0473. The Hall–Kier alpha value is -2.53. The van der Waals surface area contributed by atoms with Crippen molar-refractivity contribution >= 4 is 5.97 Å². The van der Waals surface area contributed by atoms with Gasteiger partial charge in [0, 0.05) is 13.1 Å². The second kappa shape index (κ2) is 8.19. The minimum Gasteiger partial charge on any atom is -0.493 e. The Morgan fingerprint density at radius 2 is 1.91 bits per heavy atom. The lowest BCUT2D eigenvalue weighted by Crippen LogP contribution is -2.28. The number of nitrogens with one attached hydrogen (secondary N) is 1. The molecule has 0 spiro atoms. The Morgan fingerprint density at radius 3 is 2.61 bits per heavy atom. The topological polar surface area (TPSA) is 67.8 Å². The van der Waals surface area contributed by atoms with Gasteiger partial charge >= 0.3 is 5.97 Å². The van der Waals surface area contributed by atoms with Crippen LogP contribution in [0.2, 0.25) is 0 Å². The van der Waals surface area contributed by atoms with Crippen LogP contribution in [0.3, 0.4) is 0 Å². The Bertz CT molecular complexity index is 657. The van der Waals surface area contributed by atoms with E-state index in [1.54, 1.807) is 25.3 Å². The molecule has 0 amide bonds. The maximum atomic E-state index is 10.9. The second-order valence-corrected chi connectivity index (χ2v) is 5.22. The van der Waals surface area contributed by atoms with Crippen LogP contribution in [0.1, 0.15) is 22.8 Å². The fraction of sp³-hybridized carbons (Fsp3) is 0.278. The highest BCUT2D eigenvalue weighted by molar-refractivity contribution is 5.87. The molecule has 0 radical (unpaired) electrons. The molecule has 2 aromatic rings. The van der Waals surface area contributed by atoms with Crippen LogP contribution in [0, 0.1) is 0 Å². The van der Waals surface area contributed by atoms with E-state index in [-0.39, 0.29) is 6.10 Å². The molecule has 0 fully saturated rings. The second-order valence-electron chi connectivity index (χ2n) is 5.22. The third-order valence-corrected chi connectivity index (χ3v) is 3.33. The normalized spacial score (nSPS) is 11.7. The molecule has 122 valence electrons. The first-order valence-electron chi connectivity index (χ1n) is 7.42. The van der Waals surface area contributed by atoms with Gasteiger partial charge < -0.3 is 19.9 Å². The summed E-state index contributed by atoms with van der Waals surface area (Å²) >= 11 is 0. The molecule has 0 saturated heterocycles. The van der Waals surface area contributed by atoms with Gasteiger partial charge in [-0.15, -0.1) is 0 Å². The predicted molar refractivity (Wildman–Crippen MR) is 88.2 cm³/mol. The zero-order chi connectivity index (χ0) is 16.7. The van der Waals surface area contributed by atoms with Crippen molar-refractivity contribution in [3.05, 3.63) is 59.7 Å². The molecule has 5 heteroatoms. The van der Waals surface area contributed by atoms with Crippen LogP contribution in [0.15, 0.2) is 48.5 Å². The van der Waals surface area contributed by atoms with Crippen molar-refractivity contribution in [1.82, 2.24) is 5.32 Å². The Kier molecular flexibility index (Phi) is 6.00. The summed E-state index contributed by atoms with van der Waals surface area (Å²) < 4.78 is 11.1. The van der Waals surface area contributed by atoms with Crippen LogP contribution in [0.5, 0.6) is 11.5 Å². The molecule has 1 unspecified atom stereocenters. The largest absolute Gasteiger partial charge is 0.493 e. The third-order valence-electron chi connectivity index (χ3n) is 3.33. The van der Waals surface area contributed by atoms with E-state index in [0.717, 1.165) is 5.56 Å². The van der Waals surface area contributed by atoms with Gasteiger partial charge in [-0.1, -0.05) is 24.3 Å². The standard InChI is InChI=1S/C18H21NO4/c1-13(23-17-9-4-3-8-16(17)22-2)11-19-12-14-6-5-7-15(10-14)18(20)21/h3-10,13,19H,11-12H2,1-2H3,(H,20,21). The average Bonchev–Trinajstić information content (AvgIpc) is 2.55. The van der Waals surface area contributed by atoms with Crippen LogP contribution in [-0.4, -0.2) is 30.8 Å². The molecule has 0 aliphatic carbocycles. The molecule has 2 rings (SSSR count). The van der Waals surface area contributed by atoms with Crippen molar-refractivity contribution < 1.29 is 19.4 Å². The molecule has 23 heavy (non-hydrogen) atoms. The lowest BCUT2D eigenvalue weighted by Gasteiger charge is -2.17. The SMILES string of the molecule is COc1ccccc1OC(C)CNCc1cccc(C(=O)O)c1. The van der Waals surface area contributed by atoms with Gasteiger partial charge in [0.25, 0.3) is 0 Å². The van der Waals surface area contributed by atoms with E-state index in [1.165, 1.54) is 0 Å². The van der Waals surface area contributed by atoms with E-state index in [1.807, 2.05) is 37.3 Å². The Labute approximate surface area is 135 Å². The van der Waals surface area contributed by atoms with Gasteiger partial charge in [0.15, 0.2) is 11.5 Å². The lowest BCUT2D eigenvalue weighted by atomic mass is 10.1. The van der Waals surface area contributed by atoms with Crippen molar-refractivity contribution in [2.75, 3.05) is 13.7 Å². The van der Waals surface area contributed by atoms with Crippen molar-refractivity contribution in [1.29, 1.82) is 0 Å². The van der Waals surface area contributed by atoms with Gasteiger partial charge in [-0.3, -0.25) is 0 Å². The summed E-state index contributed by atoms with van der Waals surface area (Å²) in [6.07, 6.45) is -0.0473. The Balaban J connectivity index is 1.84. The summed E-state index contributed by atoms with van der Waals surface area (Å²) in [5.74, 6) is 0.491. The third kappa shape index (κ3) is 5.00. The number of carbonyl (C=O) groups is 1. The van der Waals surface area contributed by atoms with Gasteiger partial charge in [0.05, 0.1) is 12.7 Å². The summed E-state index contributed by atoms with van der Waals surface area (Å²) in [5.41, 5.74) is 1.22. The number of rotatable bonds is 8. The first-order chi connectivity index (χ1) is 11.1. The number of hydrogen-bond acceptors (Lipinski definition) is 4. The maximum Gasteiger partial charge on any atom is 0.335 e. The number of hydrogen-bond donors (Lipinski definition) is 2. The zero-order valence-electron chi connectivity index (χ0n) is 13.3. The highest BCUT2D eigenvalue weighted by atomic mass is 16.5. The van der Waals surface area contributed by atoms with Crippen LogP contribution in [-0.2, 0) is 6.54 Å². The number of aromatic carboxylic acids is 1. The van der Waals surface area contributed by atoms with Crippen molar-refractivity contribution in [3.8, 4) is 11.5 Å². The van der Waals surface area contributed by atoms with E-state index in [4.69, 9.17) is 14.6 Å². The van der Waals surface area contributed by atoms with Gasteiger partial charge in [-0.05, 0) is 36.8 Å². The van der Waals surface area contributed by atoms with Gasteiger partial charge in [0.2, 0.25) is 0 Å². The van der Waals surface area contributed by atoms with Crippen molar-refractivity contribution in [2.45, 2.75) is 19.6 Å². The minimum atomic E-state index is -0.917. The molecule has 2 N–H and O–H groups in total. The number of carboxylic acid groups (broad SMARTS) is 1. The van der Waals surface area contributed by atoms with Crippen LogP contribution in [0.25, 0.3) is 0 Å². The smallest absolute Gasteiger partial charge is 0.335 e. The van der Waals surface area contributed by atoms with Crippen molar-refractivity contribution in [2.24, 2.45) is 0 Å². The van der Waals surface area contributed by atoms with E-state index in [2.05, 4.69) is 5.32 Å². The summed E-state index contributed by atoms with van der Waals surface area (Å²) in [7, 11) is 1.61. The average molecular weight is 315 g/mol. The molecule has 0 saturated carbocycles. The molecule has 0 bridgehead atoms. The lowest BCUT2D eigenvalue weighted by molar-refractivity contribution is 0.0696. The van der Waals surface area contributed by atoms with E-state index in [0.29, 0.717) is 30.2 Å². The van der Waals surface area contributed by atoms with Crippen LogP contribution < -0.4 is 14.8 Å². The van der Waals surface area contributed by atoms with Crippen LogP contribution in [0.4, 0.5) is 0 Å². The first kappa shape index (κ1) is 16.8. The molecule has 0 aromatic heterocycles. The molecule has 1 atom stereocenters. The summed E-state index contributed by atoms with van der Waals surface area (Å²) in [4.78, 5) is 10.9. The predicted octanol–water partition coefficient (Wildman–Crippen LogP) is 2.95. The fourth-order valence-electron chi connectivity index (χ4n) is 2.21. The summed E-state index contributed by atoms with van der Waals surface area (Å²) in [6.45, 7) is 3.18. The van der Waals surface area contributed by atoms with E-state index < -0.39 is 5.97 Å². The number of methoxy groups -OCH3 is 1. The number of ether oxygens (including phenoxy) is 2. The number of para-hydroxylation sites is 2. The number of benzene rings is 2. The van der Waals surface area contributed by atoms with Gasteiger partial charge in [-0.25, -0.2) is 4.79 Å². The summed E-state index contributed by atoms with van der Waals surface area (Å²) in [6, 6.07) is 14.4. The molecule has 5 nitrogen and oxygen atoms in total. The van der Waals surface area contributed by atoms with E-state index >= 15 is 0 Å². The number of carboxylic acids is 1. The van der Waals surface area contributed by atoms with Gasteiger partial charge in [-0.2, -0.15) is 0 Å². The molecule has 0 aliphatic heterocycles. The molecule has 0 heterocycles. The molecular formula is C18H21NO4. The maximum absolute atomic E-state index is 10.9. The highest BCUT2D eigenvalue weighted by Gasteiger charge is 2.08. The van der Waals surface area contributed by atoms with Crippen LogP contribution >= 0.6 is 0 Å². The quantitative estimate of drug-likeness (QED) is 0.784. The first-order valence-corrected chi connectivity index (χ1v) is 7.42. The zero-order valence-corrected chi connectivity index (χ0v) is 13.3. The van der Waals surface area contributed by atoms with Gasteiger partial charge in [0.1, 0.15) is 6.10 Å². The van der Waals surface area contributed by atoms with Crippen molar-refractivity contribution in [3.63, 3.8) is 0 Å². The molecule has 2 aromatic carbocycles. The Morgan fingerprint density at radius 1 is 1.17 bits per heavy atom.